The lowest BCUT2D eigenvalue weighted by Gasteiger charge is -2.42. The number of piperidine rings is 2. The molecule has 5 rings (SSSR count). The zero-order chi connectivity index (χ0) is 31.4. The smallest absolute Gasteiger partial charge is 0.251 e. The van der Waals surface area contributed by atoms with Gasteiger partial charge in [0.25, 0.3) is 11.8 Å². The minimum Gasteiger partial charge on any atom is -0.496 e. The molecule has 0 aliphatic carbocycles. The predicted molar refractivity (Wildman–Crippen MR) is 159 cm³/mol. The molecule has 2 amide bonds. The third kappa shape index (κ3) is 6.85. The first kappa shape index (κ1) is 31.0. The van der Waals surface area contributed by atoms with Crippen LogP contribution in [0.25, 0.3) is 0 Å². The number of amides is 2. The van der Waals surface area contributed by atoms with Gasteiger partial charge in [0.05, 0.1) is 18.9 Å². The van der Waals surface area contributed by atoms with Crippen molar-refractivity contribution in [3.05, 3.63) is 89.0 Å². The largest absolute Gasteiger partial charge is 0.496 e. The summed E-state index contributed by atoms with van der Waals surface area (Å²) in [6.45, 7) is 0.149. The van der Waals surface area contributed by atoms with Crippen LogP contribution >= 0.6 is 0 Å². The summed E-state index contributed by atoms with van der Waals surface area (Å²) < 4.78 is 47.9. The maximum absolute atomic E-state index is 15.0. The van der Waals surface area contributed by atoms with Crippen molar-refractivity contribution in [3.8, 4) is 5.75 Å². The van der Waals surface area contributed by atoms with E-state index in [0.717, 1.165) is 0 Å². The molecule has 2 aromatic carbocycles. The van der Waals surface area contributed by atoms with Crippen LogP contribution in [0.1, 0.15) is 52.7 Å². The molecular formula is C32H35F3N6O3. The lowest BCUT2D eigenvalue weighted by atomic mass is 9.94. The van der Waals surface area contributed by atoms with Gasteiger partial charge in [0.2, 0.25) is 5.91 Å². The van der Waals surface area contributed by atoms with Gasteiger partial charge in [0, 0.05) is 85.4 Å². The number of carbonyl (C=O) groups excluding carboxylic acids is 2. The Balaban J connectivity index is 1.34. The van der Waals surface area contributed by atoms with Crippen LogP contribution in [-0.4, -0.2) is 77.1 Å². The number of carbonyl (C=O) groups is 2. The van der Waals surface area contributed by atoms with E-state index in [1.54, 1.807) is 53.7 Å². The zero-order valence-corrected chi connectivity index (χ0v) is 24.4. The molecule has 2 saturated heterocycles. The van der Waals surface area contributed by atoms with Crippen molar-refractivity contribution in [1.29, 1.82) is 5.41 Å². The molecule has 2 aliphatic heterocycles. The van der Waals surface area contributed by atoms with E-state index in [1.165, 1.54) is 24.1 Å². The van der Waals surface area contributed by atoms with Crippen molar-refractivity contribution in [2.75, 3.05) is 32.5 Å². The van der Waals surface area contributed by atoms with Gasteiger partial charge >= 0.3 is 0 Å². The van der Waals surface area contributed by atoms with Crippen molar-refractivity contribution >= 4 is 23.2 Å². The normalized spacial score (nSPS) is 20.1. The van der Waals surface area contributed by atoms with E-state index in [1.807, 2.05) is 0 Å². The van der Waals surface area contributed by atoms with E-state index in [2.05, 4.69) is 10.3 Å². The second kappa shape index (κ2) is 13.0. The van der Waals surface area contributed by atoms with Crippen molar-refractivity contribution < 1.29 is 27.5 Å². The fourth-order valence-corrected chi connectivity index (χ4v) is 5.82. The molecule has 44 heavy (non-hydrogen) atoms. The predicted octanol–water partition coefficient (Wildman–Crippen LogP) is 4.25. The van der Waals surface area contributed by atoms with Crippen molar-refractivity contribution in [2.45, 2.75) is 50.2 Å². The standard InChI is InChI=1S/C32H35F3N6O3/c1-44-28-4-2-3-25(33)24(28)19-41-18-22(6-8-27(41)31(43)40-15-11-32(34,35)12-16-40)39-30(42)21-5-7-26(36)23(17-21)29(37)20-9-13-38-14-10-20/h2-5,7,9-10,13-14,17,22,27,37H,6,8,11-12,15-16,18-19,36H2,1H3,(H,39,42)/t22-,27+/m1/s1. The van der Waals surface area contributed by atoms with Crippen LogP contribution in [0.5, 0.6) is 5.75 Å². The number of aromatic nitrogens is 1. The SMILES string of the molecule is COc1cccc(F)c1CN1C[C@H](NC(=O)c2ccc(N)c(C(=N)c3ccncc3)c2)CC[C@H]1C(=O)N1CCC(F)(F)CC1. The Morgan fingerprint density at radius 1 is 1.09 bits per heavy atom. The number of hydrogen-bond donors (Lipinski definition) is 3. The number of ether oxygens (including phenoxy) is 1. The number of nitrogens with one attached hydrogen (secondary N) is 2. The topological polar surface area (TPSA) is 125 Å². The number of methoxy groups -OCH3 is 1. The molecule has 1 aromatic heterocycles. The molecule has 12 heteroatoms. The van der Waals surface area contributed by atoms with Gasteiger partial charge in [-0.1, -0.05) is 6.07 Å². The Labute approximate surface area is 253 Å². The summed E-state index contributed by atoms with van der Waals surface area (Å²) in [5.74, 6) is -3.63. The summed E-state index contributed by atoms with van der Waals surface area (Å²) in [7, 11) is 1.43. The fourth-order valence-electron chi connectivity index (χ4n) is 5.82. The fraction of sp³-hybridized carbons (Fsp3) is 0.375. The molecule has 232 valence electrons. The summed E-state index contributed by atoms with van der Waals surface area (Å²) in [4.78, 5) is 34.2. The van der Waals surface area contributed by atoms with E-state index in [0.29, 0.717) is 41.0 Å². The molecule has 2 atom stereocenters. The minimum atomic E-state index is -2.79. The van der Waals surface area contributed by atoms with Gasteiger partial charge in [-0.05, 0) is 55.3 Å². The van der Waals surface area contributed by atoms with Gasteiger partial charge in [0.1, 0.15) is 11.6 Å². The number of nitrogen functional groups attached to an aromatic ring is 1. The van der Waals surface area contributed by atoms with E-state index >= 15 is 0 Å². The molecule has 4 N–H and O–H groups in total. The van der Waals surface area contributed by atoms with Crippen LogP contribution in [0, 0.1) is 11.2 Å². The van der Waals surface area contributed by atoms with Gasteiger partial charge in [-0.15, -0.1) is 0 Å². The third-order valence-electron chi connectivity index (χ3n) is 8.32. The molecule has 2 fully saturated rings. The molecule has 0 unspecified atom stereocenters. The van der Waals surface area contributed by atoms with Crippen LogP contribution in [0.15, 0.2) is 60.9 Å². The number of rotatable bonds is 8. The third-order valence-corrected chi connectivity index (χ3v) is 8.32. The molecule has 3 aromatic rings. The number of nitrogens with zero attached hydrogens (tertiary/aromatic N) is 3. The average Bonchev–Trinajstić information content (AvgIpc) is 3.02. The van der Waals surface area contributed by atoms with E-state index in [9.17, 15) is 22.8 Å². The van der Waals surface area contributed by atoms with Gasteiger partial charge < -0.3 is 20.7 Å². The lowest BCUT2D eigenvalue weighted by molar-refractivity contribution is -0.144. The van der Waals surface area contributed by atoms with Crippen LogP contribution in [-0.2, 0) is 11.3 Å². The van der Waals surface area contributed by atoms with E-state index in [-0.39, 0.29) is 49.3 Å². The number of halogens is 3. The summed E-state index contributed by atoms with van der Waals surface area (Å²) in [6.07, 6.45) is 3.14. The molecule has 9 nitrogen and oxygen atoms in total. The summed E-state index contributed by atoms with van der Waals surface area (Å²) in [5.41, 5.74) is 8.22. The highest BCUT2D eigenvalue weighted by atomic mass is 19.3. The quantitative estimate of drug-likeness (QED) is 0.260. The number of nitrogens with two attached hydrogens (primary N) is 1. The molecule has 0 bridgehead atoms. The van der Waals surface area contributed by atoms with Gasteiger partial charge in [-0.3, -0.25) is 24.9 Å². The van der Waals surface area contributed by atoms with Crippen LogP contribution in [0.3, 0.4) is 0 Å². The highest BCUT2D eigenvalue weighted by Gasteiger charge is 2.41. The first-order valence-corrected chi connectivity index (χ1v) is 14.5. The lowest BCUT2D eigenvalue weighted by Crippen LogP contribution is -2.58. The van der Waals surface area contributed by atoms with E-state index in [4.69, 9.17) is 15.9 Å². The molecule has 3 heterocycles. The minimum absolute atomic E-state index is 0.0255. The Hall–Kier alpha value is -4.45. The molecular weight excluding hydrogens is 573 g/mol. The Kier molecular flexibility index (Phi) is 9.19. The maximum Gasteiger partial charge on any atom is 0.251 e. The first-order valence-electron chi connectivity index (χ1n) is 14.5. The van der Waals surface area contributed by atoms with E-state index < -0.39 is 36.7 Å². The number of likely N-dealkylation sites (tertiary alicyclic amines) is 2. The number of alkyl halides is 2. The van der Waals surface area contributed by atoms with Crippen molar-refractivity contribution in [1.82, 2.24) is 20.1 Å². The molecule has 2 aliphatic rings. The highest BCUT2D eigenvalue weighted by molar-refractivity contribution is 6.14. The number of pyridine rings is 1. The van der Waals surface area contributed by atoms with Crippen molar-refractivity contribution in [3.63, 3.8) is 0 Å². The zero-order valence-electron chi connectivity index (χ0n) is 24.4. The van der Waals surface area contributed by atoms with Crippen molar-refractivity contribution in [2.24, 2.45) is 0 Å². The Morgan fingerprint density at radius 2 is 1.82 bits per heavy atom. The molecule has 0 radical (unpaired) electrons. The van der Waals surface area contributed by atoms with Crippen LogP contribution in [0.4, 0.5) is 18.9 Å². The number of benzene rings is 2. The summed E-state index contributed by atoms with van der Waals surface area (Å²) in [5, 5.41) is 11.6. The first-order chi connectivity index (χ1) is 21.1. The Morgan fingerprint density at radius 3 is 2.52 bits per heavy atom. The Bertz CT molecular complexity index is 1530. The summed E-state index contributed by atoms with van der Waals surface area (Å²) in [6, 6.07) is 11.5. The van der Waals surface area contributed by atoms with Crippen LogP contribution in [0.2, 0.25) is 0 Å². The molecule has 0 saturated carbocycles. The highest BCUT2D eigenvalue weighted by Crippen LogP contribution is 2.31. The van der Waals surface area contributed by atoms with Gasteiger partial charge in [-0.25, -0.2) is 13.2 Å². The van der Waals surface area contributed by atoms with Gasteiger partial charge in [-0.2, -0.15) is 0 Å². The van der Waals surface area contributed by atoms with Crippen LogP contribution < -0.4 is 15.8 Å². The summed E-state index contributed by atoms with van der Waals surface area (Å²) >= 11 is 0. The second-order valence-electron chi connectivity index (χ2n) is 11.2. The second-order valence-corrected chi connectivity index (χ2v) is 11.2. The average molecular weight is 609 g/mol. The van der Waals surface area contributed by atoms with Gasteiger partial charge in [0.15, 0.2) is 0 Å². The monoisotopic (exact) mass is 608 g/mol. The maximum atomic E-state index is 15.0. The molecule has 0 spiro atoms. The number of hydrogen-bond acceptors (Lipinski definition) is 7. The number of anilines is 1.